The predicted molar refractivity (Wildman–Crippen MR) is 75.3 cm³/mol. The molecule has 0 aromatic heterocycles. The van der Waals surface area contributed by atoms with Gasteiger partial charge in [-0.2, -0.15) is 0 Å². The maximum absolute atomic E-state index is 5.78. The molecule has 104 valence electrons. The van der Waals surface area contributed by atoms with Gasteiger partial charge in [-0.25, -0.2) is 0 Å². The van der Waals surface area contributed by atoms with Crippen molar-refractivity contribution >= 4 is 10.2 Å². The molecule has 0 aromatic carbocycles. The van der Waals surface area contributed by atoms with Crippen LogP contribution in [0.25, 0.3) is 0 Å². The van der Waals surface area contributed by atoms with Crippen LogP contribution in [0.3, 0.4) is 0 Å². The summed E-state index contributed by atoms with van der Waals surface area (Å²) in [7, 11) is 0.752. The van der Waals surface area contributed by atoms with Gasteiger partial charge in [0.2, 0.25) is 5.60 Å². The van der Waals surface area contributed by atoms with Gasteiger partial charge >= 0.3 is 0 Å². The SMILES string of the molecule is CCCCOC([SiH3])(OCCCC)OCCCC. The molecule has 0 radical (unpaired) electrons. The van der Waals surface area contributed by atoms with Crippen LogP contribution in [0.1, 0.15) is 59.3 Å². The molecule has 0 unspecified atom stereocenters. The molecule has 0 fully saturated rings. The van der Waals surface area contributed by atoms with E-state index >= 15 is 0 Å². The molecule has 0 aromatic rings. The lowest BCUT2D eigenvalue weighted by atomic mass is 10.4. The summed E-state index contributed by atoms with van der Waals surface area (Å²) in [5.41, 5.74) is -0.709. The summed E-state index contributed by atoms with van der Waals surface area (Å²) in [5, 5.41) is 0. The van der Waals surface area contributed by atoms with Crippen LogP contribution >= 0.6 is 0 Å². The molecule has 0 heterocycles. The maximum atomic E-state index is 5.78. The summed E-state index contributed by atoms with van der Waals surface area (Å²) < 4.78 is 17.3. The van der Waals surface area contributed by atoms with Crippen LogP contribution in [0.2, 0.25) is 0 Å². The van der Waals surface area contributed by atoms with Crippen LogP contribution in [0.15, 0.2) is 0 Å². The highest BCUT2D eigenvalue weighted by atomic mass is 28.1. The standard InChI is InChI=1S/C13H30O3Si/c1-4-7-10-14-13(17,15-11-8-5-2)16-12-9-6-3/h4-12H2,1-3,17H3. The molecule has 0 saturated carbocycles. The van der Waals surface area contributed by atoms with E-state index in [9.17, 15) is 0 Å². The lowest BCUT2D eigenvalue weighted by Crippen LogP contribution is -2.40. The van der Waals surface area contributed by atoms with Gasteiger partial charge in [0.1, 0.15) is 10.2 Å². The first-order chi connectivity index (χ1) is 8.18. The van der Waals surface area contributed by atoms with Gasteiger partial charge in [0.05, 0.1) is 19.8 Å². The Labute approximate surface area is 110 Å². The van der Waals surface area contributed by atoms with Gasteiger partial charge in [-0.05, 0) is 19.3 Å². The van der Waals surface area contributed by atoms with E-state index in [0.29, 0.717) is 0 Å². The summed E-state index contributed by atoms with van der Waals surface area (Å²) >= 11 is 0. The van der Waals surface area contributed by atoms with E-state index in [2.05, 4.69) is 20.8 Å². The Balaban J connectivity index is 3.95. The van der Waals surface area contributed by atoms with Crippen molar-refractivity contribution < 1.29 is 14.2 Å². The smallest absolute Gasteiger partial charge is 0.245 e. The molecule has 0 rings (SSSR count). The molecule has 0 spiro atoms. The molecule has 0 saturated heterocycles. The van der Waals surface area contributed by atoms with Crippen molar-refractivity contribution in [3.8, 4) is 0 Å². The molecule has 0 aliphatic carbocycles. The summed E-state index contributed by atoms with van der Waals surface area (Å²) in [5.74, 6) is 0. The van der Waals surface area contributed by atoms with Crippen molar-refractivity contribution in [2.24, 2.45) is 0 Å². The molecule has 0 atom stereocenters. The number of hydrogen-bond donors (Lipinski definition) is 0. The molecule has 0 N–H and O–H groups in total. The Kier molecular flexibility index (Phi) is 11.3. The zero-order chi connectivity index (χ0) is 13.0. The third kappa shape index (κ3) is 9.77. The number of hydrogen-bond acceptors (Lipinski definition) is 3. The molecule has 0 aliphatic heterocycles. The molecule has 0 bridgehead atoms. The van der Waals surface area contributed by atoms with Crippen LogP contribution < -0.4 is 0 Å². The van der Waals surface area contributed by atoms with Crippen molar-refractivity contribution in [2.75, 3.05) is 19.8 Å². The lowest BCUT2D eigenvalue weighted by Gasteiger charge is -2.30. The normalized spacial score (nSPS) is 12.2. The average Bonchev–Trinajstić information content (AvgIpc) is 2.30. The summed E-state index contributed by atoms with van der Waals surface area (Å²) in [6.07, 6.45) is 6.62. The predicted octanol–water partition coefficient (Wildman–Crippen LogP) is 2.41. The monoisotopic (exact) mass is 262 g/mol. The first-order valence-electron chi connectivity index (χ1n) is 7.10. The lowest BCUT2D eigenvalue weighted by molar-refractivity contribution is -0.325. The first-order valence-corrected chi connectivity index (χ1v) is 8.10. The van der Waals surface area contributed by atoms with Crippen molar-refractivity contribution in [2.45, 2.75) is 64.9 Å². The largest absolute Gasteiger partial charge is 0.332 e. The van der Waals surface area contributed by atoms with Gasteiger partial charge < -0.3 is 14.2 Å². The highest BCUT2D eigenvalue weighted by Crippen LogP contribution is 2.13. The molecule has 3 nitrogen and oxygen atoms in total. The van der Waals surface area contributed by atoms with E-state index in [-0.39, 0.29) is 0 Å². The van der Waals surface area contributed by atoms with Gasteiger partial charge in [-0.1, -0.05) is 40.0 Å². The second-order valence-corrected chi connectivity index (χ2v) is 5.69. The fraction of sp³-hybridized carbons (Fsp3) is 1.00. The highest BCUT2D eigenvalue weighted by Gasteiger charge is 2.25. The molecular formula is C13H30O3Si. The van der Waals surface area contributed by atoms with Crippen molar-refractivity contribution in [1.29, 1.82) is 0 Å². The zero-order valence-corrected chi connectivity index (χ0v) is 14.1. The second kappa shape index (κ2) is 11.2. The maximum Gasteiger partial charge on any atom is 0.245 e. The Morgan fingerprint density at radius 2 is 1.00 bits per heavy atom. The van der Waals surface area contributed by atoms with Crippen LogP contribution in [-0.2, 0) is 14.2 Å². The molecule has 4 heteroatoms. The van der Waals surface area contributed by atoms with Crippen LogP contribution in [0.4, 0.5) is 0 Å². The average molecular weight is 262 g/mol. The highest BCUT2D eigenvalue weighted by molar-refractivity contribution is 6.12. The van der Waals surface area contributed by atoms with Crippen molar-refractivity contribution in [1.82, 2.24) is 0 Å². The van der Waals surface area contributed by atoms with E-state index in [4.69, 9.17) is 14.2 Å². The second-order valence-electron chi connectivity index (χ2n) is 4.47. The fourth-order valence-corrected chi connectivity index (χ4v) is 1.94. The van der Waals surface area contributed by atoms with E-state index in [1.807, 2.05) is 0 Å². The summed E-state index contributed by atoms with van der Waals surface area (Å²) in [6, 6.07) is 0. The fourth-order valence-electron chi connectivity index (χ4n) is 1.33. The van der Waals surface area contributed by atoms with E-state index in [1.54, 1.807) is 0 Å². The quantitative estimate of drug-likeness (QED) is 0.307. The van der Waals surface area contributed by atoms with E-state index in [0.717, 1.165) is 68.6 Å². The minimum atomic E-state index is -0.709. The Morgan fingerprint density at radius 1 is 0.706 bits per heavy atom. The first kappa shape index (κ1) is 17.1. The van der Waals surface area contributed by atoms with Gasteiger partial charge in [0.15, 0.2) is 0 Å². The van der Waals surface area contributed by atoms with Crippen molar-refractivity contribution in [3.05, 3.63) is 0 Å². The molecular weight excluding hydrogens is 232 g/mol. The minimum absolute atomic E-state index is 0.709. The van der Waals surface area contributed by atoms with Gasteiger partial charge in [-0.15, -0.1) is 0 Å². The van der Waals surface area contributed by atoms with E-state index < -0.39 is 5.60 Å². The zero-order valence-electron chi connectivity index (χ0n) is 12.1. The molecule has 17 heavy (non-hydrogen) atoms. The van der Waals surface area contributed by atoms with E-state index in [1.165, 1.54) is 0 Å². The minimum Gasteiger partial charge on any atom is -0.332 e. The number of ether oxygens (including phenoxy) is 3. The molecule has 0 amide bonds. The Hall–Kier alpha value is 0.0969. The van der Waals surface area contributed by atoms with Crippen LogP contribution in [0, 0.1) is 0 Å². The Morgan fingerprint density at radius 3 is 1.24 bits per heavy atom. The molecule has 0 aliphatic rings. The van der Waals surface area contributed by atoms with Crippen molar-refractivity contribution in [3.63, 3.8) is 0 Å². The topological polar surface area (TPSA) is 27.7 Å². The Bertz CT molecular complexity index is 138. The van der Waals surface area contributed by atoms with Gasteiger partial charge in [0, 0.05) is 0 Å². The third-order valence-electron chi connectivity index (χ3n) is 2.59. The van der Waals surface area contributed by atoms with Crippen LogP contribution in [0.5, 0.6) is 0 Å². The van der Waals surface area contributed by atoms with Gasteiger partial charge in [-0.3, -0.25) is 0 Å². The van der Waals surface area contributed by atoms with Crippen LogP contribution in [-0.4, -0.2) is 35.7 Å². The van der Waals surface area contributed by atoms with Gasteiger partial charge in [0.25, 0.3) is 0 Å². The number of rotatable bonds is 12. The summed E-state index contributed by atoms with van der Waals surface area (Å²) in [6.45, 7) is 8.69. The number of unbranched alkanes of at least 4 members (excludes halogenated alkanes) is 3. The summed E-state index contributed by atoms with van der Waals surface area (Å²) in [4.78, 5) is 0. The third-order valence-corrected chi connectivity index (χ3v) is 3.45.